The molecule has 2 N–H and O–H groups in total. The van der Waals surface area contributed by atoms with Crippen LogP contribution in [0.1, 0.15) is 16.7 Å². The lowest BCUT2D eigenvalue weighted by molar-refractivity contribution is -0.139. The average Bonchev–Trinajstić information content (AvgIpc) is 2.66. The van der Waals surface area contributed by atoms with Gasteiger partial charge in [-0.1, -0.05) is 60.7 Å². The number of hydrogen-bond acceptors (Lipinski definition) is 4. The van der Waals surface area contributed by atoms with E-state index in [1.165, 1.54) is 13.2 Å². The minimum Gasteiger partial charge on any atom is -0.508 e. The Labute approximate surface area is 152 Å². The van der Waals surface area contributed by atoms with Crippen molar-refractivity contribution >= 4 is 5.97 Å². The van der Waals surface area contributed by atoms with Gasteiger partial charge in [0, 0.05) is 23.6 Å². The molecule has 0 atom stereocenters. The molecular weight excluding hydrogens is 328 g/mol. The molecule has 3 aromatic rings. The van der Waals surface area contributed by atoms with E-state index in [4.69, 9.17) is 4.74 Å². The highest BCUT2D eigenvalue weighted by atomic mass is 16.5. The molecule has 132 valence electrons. The summed E-state index contributed by atoms with van der Waals surface area (Å²) in [4.78, 5) is 12.0. The molecule has 0 radical (unpaired) electrons. The SMILES string of the molecule is COC(=O)Cc1c(Cc2ccccc2)c(O)cc(O)c1-c1ccccc1. The predicted octanol–water partition coefficient (Wildman–Crippen LogP) is 4.07. The number of methoxy groups -OCH3 is 1. The zero-order chi connectivity index (χ0) is 18.5. The third-order valence-electron chi connectivity index (χ3n) is 4.34. The topological polar surface area (TPSA) is 66.8 Å². The van der Waals surface area contributed by atoms with E-state index in [-0.39, 0.29) is 17.9 Å². The van der Waals surface area contributed by atoms with Crippen molar-refractivity contribution in [3.63, 3.8) is 0 Å². The summed E-state index contributed by atoms with van der Waals surface area (Å²) < 4.78 is 4.83. The number of hydrogen-bond donors (Lipinski definition) is 2. The molecule has 0 aliphatic rings. The molecule has 3 rings (SSSR count). The largest absolute Gasteiger partial charge is 0.508 e. The molecule has 4 heteroatoms. The summed E-state index contributed by atoms with van der Waals surface area (Å²) >= 11 is 0. The van der Waals surface area contributed by atoms with E-state index in [2.05, 4.69) is 0 Å². The van der Waals surface area contributed by atoms with Gasteiger partial charge in [-0.15, -0.1) is 0 Å². The van der Waals surface area contributed by atoms with Crippen molar-refractivity contribution < 1.29 is 19.7 Å². The highest BCUT2D eigenvalue weighted by molar-refractivity contribution is 5.83. The maximum absolute atomic E-state index is 12.0. The van der Waals surface area contributed by atoms with E-state index < -0.39 is 5.97 Å². The number of phenolic OH excluding ortho intramolecular Hbond substituents is 2. The molecule has 26 heavy (non-hydrogen) atoms. The van der Waals surface area contributed by atoms with Gasteiger partial charge in [0.1, 0.15) is 11.5 Å². The lowest BCUT2D eigenvalue weighted by Crippen LogP contribution is -2.09. The minimum absolute atomic E-state index is 0.0369. The van der Waals surface area contributed by atoms with Crippen LogP contribution >= 0.6 is 0 Å². The standard InChI is InChI=1S/C22H20O4/c1-26-21(25)13-18-17(12-15-8-4-2-5-9-15)19(23)14-20(24)22(18)16-10-6-3-7-11-16/h2-11,14,23-24H,12-13H2,1H3. The van der Waals surface area contributed by atoms with Crippen molar-refractivity contribution in [3.05, 3.63) is 83.4 Å². The molecule has 0 heterocycles. The van der Waals surface area contributed by atoms with Crippen LogP contribution in [-0.2, 0) is 22.4 Å². The van der Waals surface area contributed by atoms with Gasteiger partial charge in [0.15, 0.2) is 0 Å². The number of carbonyl (C=O) groups excluding carboxylic acids is 1. The van der Waals surface area contributed by atoms with Gasteiger partial charge in [-0.25, -0.2) is 0 Å². The Morgan fingerprint density at radius 3 is 2.12 bits per heavy atom. The molecule has 0 saturated carbocycles. The second-order valence-electron chi connectivity index (χ2n) is 6.03. The zero-order valence-electron chi connectivity index (χ0n) is 14.5. The summed E-state index contributed by atoms with van der Waals surface area (Å²) in [5.41, 5.74) is 3.50. The third kappa shape index (κ3) is 3.70. The molecular formula is C22H20O4. The van der Waals surface area contributed by atoms with Crippen LogP contribution in [0.25, 0.3) is 11.1 Å². The molecule has 0 unspecified atom stereocenters. The number of carbonyl (C=O) groups is 1. The Hall–Kier alpha value is -3.27. The van der Waals surface area contributed by atoms with Crippen LogP contribution < -0.4 is 0 Å². The van der Waals surface area contributed by atoms with Crippen molar-refractivity contribution in [3.8, 4) is 22.6 Å². The summed E-state index contributed by atoms with van der Waals surface area (Å²) in [7, 11) is 1.32. The molecule has 0 saturated heterocycles. The fourth-order valence-electron chi connectivity index (χ4n) is 3.08. The van der Waals surface area contributed by atoms with Crippen molar-refractivity contribution in [2.75, 3.05) is 7.11 Å². The Kier molecular flexibility index (Phi) is 5.23. The monoisotopic (exact) mass is 348 g/mol. The van der Waals surface area contributed by atoms with Gasteiger partial charge in [0.25, 0.3) is 0 Å². The van der Waals surface area contributed by atoms with Gasteiger partial charge >= 0.3 is 5.97 Å². The first-order valence-corrected chi connectivity index (χ1v) is 8.33. The Morgan fingerprint density at radius 2 is 1.50 bits per heavy atom. The third-order valence-corrected chi connectivity index (χ3v) is 4.34. The van der Waals surface area contributed by atoms with Crippen molar-refractivity contribution in [2.24, 2.45) is 0 Å². The van der Waals surface area contributed by atoms with Crippen LogP contribution in [0.3, 0.4) is 0 Å². The van der Waals surface area contributed by atoms with Gasteiger partial charge in [-0.05, 0) is 16.7 Å². The second-order valence-corrected chi connectivity index (χ2v) is 6.03. The second kappa shape index (κ2) is 7.74. The molecule has 0 aliphatic heterocycles. The zero-order valence-corrected chi connectivity index (χ0v) is 14.5. The molecule has 3 aromatic carbocycles. The Balaban J connectivity index is 2.20. The fraction of sp³-hybridized carbons (Fsp3) is 0.136. The normalized spacial score (nSPS) is 10.5. The lowest BCUT2D eigenvalue weighted by atomic mass is 9.89. The van der Waals surface area contributed by atoms with E-state index in [0.717, 1.165) is 11.1 Å². The quantitative estimate of drug-likeness (QED) is 0.682. The van der Waals surface area contributed by atoms with E-state index in [9.17, 15) is 15.0 Å². The molecule has 0 aliphatic carbocycles. The maximum atomic E-state index is 12.0. The van der Waals surface area contributed by atoms with E-state index >= 15 is 0 Å². The molecule has 0 amide bonds. The highest BCUT2D eigenvalue weighted by Gasteiger charge is 2.21. The number of phenols is 2. The minimum atomic E-state index is -0.429. The first-order chi connectivity index (χ1) is 12.6. The summed E-state index contributed by atoms with van der Waals surface area (Å²) in [5.74, 6) is -0.532. The molecule has 0 bridgehead atoms. The average molecular weight is 348 g/mol. The van der Waals surface area contributed by atoms with E-state index in [1.807, 2.05) is 60.7 Å². The molecule has 0 fully saturated rings. The van der Waals surface area contributed by atoms with Gasteiger partial charge in [-0.2, -0.15) is 0 Å². The predicted molar refractivity (Wildman–Crippen MR) is 100 cm³/mol. The van der Waals surface area contributed by atoms with E-state index in [1.54, 1.807) is 0 Å². The molecule has 0 spiro atoms. The van der Waals surface area contributed by atoms with Gasteiger partial charge in [0.05, 0.1) is 13.5 Å². The fourth-order valence-corrected chi connectivity index (χ4v) is 3.08. The van der Waals surface area contributed by atoms with Crippen LogP contribution in [0, 0.1) is 0 Å². The lowest BCUT2D eigenvalue weighted by Gasteiger charge is -2.18. The first kappa shape index (κ1) is 17.5. The van der Waals surface area contributed by atoms with Gasteiger partial charge < -0.3 is 14.9 Å². The number of ether oxygens (including phenoxy) is 1. The summed E-state index contributed by atoms with van der Waals surface area (Å²) in [6.45, 7) is 0. The maximum Gasteiger partial charge on any atom is 0.310 e. The number of rotatable bonds is 5. The van der Waals surface area contributed by atoms with Gasteiger partial charge in [0.2, 0.25) is 0 Å². The number of esters is 1. The first-order valence-electron chi connectivity index (χ1n) is 8.33. The summed E-state index contributed by atoms with van der Waals surface area (Å²) in [6.07, 6.45) is 0.407. The highest BCUT2D eigenvalue weighted by Crippen LogP contribution is 2.40. The van der Waals surface area contributed by atoms with Crippen molar-refractivity contribution in [1.29, 1.82) is 0 Å². The van der Waals surface area contributed by atoms with Crippen LogP contribution in [0.5, 0.6) is 11.5 Å². The Bertz CT molecular complexity index is 902. The van der Waals surface area contributed by atoms with Crippen molar-refractivity contribution in [1.82, 2.24) is 0 Å². The van der Waals surface area contributed by atoms with E-state index in [0.29, 0.717) is 23.1 Å². The van der Waals surface area contributed by atoms with Gasteiger partial charge in [-0.3, -0.25) is 4.79 Å². The summed E-state index contributed by atoms with van der Waals surface area (Å²) in [5, 5.41) is 21.0. The Morgan fingerprint density at radius 1 is 0.885 bits per heavy atom. The number of benzene rings is 3. The summed E-state index contributed by atoms with van der Waals surface area (Å²) in [6, 6.07) is 20.3. The van der Waals surface area contributed by atoms with Crippen LogP contribution in [0.15, 0.2) is 66.7 Å². The molecule has 0 aromatic heterocycles. The van der Waals surface area contributed by atoms with Crippen LogP contribution in [0.2, 0.25) is 0 Å². The molecule has 4 nitrogen and oxygen atoms in total. The van der Waals surface area contributed by atoms with Crippen LogP contribution in [0.4, 0.5) is 0 Å². The van der Waals surface area contributed by atoms with Crippen molar-refractivity contribution in [2.45, 2.75) is 12.8 Å². The smallest absolute Gasteiger partial charge is 0.310 e. The van der Waals surface area contributed by atoms with Crippen LogP contribution in [-0.4, -0.2) is 23.3 Å². The number of aromatic hydroxyl groups is 2.